The number of benzene rings is 3. The number of anilines is 1. The van der Waals surface area contributed by atoms with E-state index in [-0.39, 0.29) is 24.9 Å². The molecule has 0 saturated heterocycles. The van der Waals surface area contributed by atoms with E-state index in [0.29, 0.717) is 16.3 Å². The van der Waals surface area contributed by atoms with Gasteiger partial charge >= 0.3 is 0 Å². The normalized spacial score (nSPS) is 12.8. The maximum atomic E-state index is 14.1. The molecule has 0 bridgehead atoms. The minimum atomic E-state index is -3.85. The number of carbonyl (C=O) groups excluding carboxylic acids is 2. The van der Waals surface area contributed by atoms with Gasteiger partial charge in [0.2, 0.25) is 21.8 Å². The Labute approximate surface area is 243 Å². The first-order valence-electron chi connectivity index (χ1n) is 13.3. The molecular weight excluding hydrogens is 546 g/mol. The van der Waals surface area contributed by atoms with Crippen LogP contribution in [-0.4, -0.2) is 50.0 Å². The Hall–Kier alpha value is -3.36. The van der Waals surface area contributed by atoms with Crippen molar-refractivity contribution in [1.82, 2.24) is 10.2 Å². The van der Waals surface area contributed by atoms with E-state index in [4.69, 9.17) is 11.6 Å². The predicted molar refractivity (Wildman–Crippen MR) is 162 cm³/mol. The Morgan fingerprint density at radius 2 is 1.62 bits per heavy atom. The van der Waals surface area contributed by atoms with Crippen LogP contribution in [0.25, 0.3) is 0 Å². The molecule has 2 atom stereocenters. The molecule has 3 aromatic carbocycles. The molecule has 214 valence electrons. The van der Waals surface area contributed by atoms with Crippen LogP contribution in [0.15, 0.2) is 72.8 Å². The average molecular weight is 584 g/mol. The van der Waals surface area contributed by atoms with Crippen molar-refractivity contribution in [3.05, 3.63) is 100 Å². The van der Waals surface area contributed by atoms with Gasteiger partial charge in [-0.1, -0.05) is 78.7 Å². The van der Waals surface area contributed by atoms with Crippen molar-refractivity contribution in [2.45, 2.75) is 59.2 Å². The van der Waals surface area contributed by atoms with Crippen molar-refractivity contribution in [1.29, 1.82) is 0 Å². The summed E-state index contributed by atoms with van der Waals surface area (Å²) in [7, 11) is -3.85. The number of amides is 2. The monoisotopic (exact) mass is 583 g/mol. The van der Waals surface area contributed by atoms with Crippen molar-refractivity contribution in [2.24, 2.45) is 0 Å². The van der Waals surface area contributed by atoms with Gasteiger partial charge in [0.05, 0.1) is 11.9 Å². The van der Waals surface area contributed by atoms with Crippen LogP contribution in [-0.2, 0) is 32.6 Å². The highest BCUT2D eigenvalue weighted by Crippen LogP contribution is 2.26. The Balaban J connectivity index is 2.08. The molecule has 0 aliphatic rings. The summed E-state index contributed by atoms with van der Waals surface area (Å²) in [6.07, 6.45) is 2.07. The fourth-order valence-corrected chi connectivity index (χ4v) is 5.63. The van der Waals surface area contributed by atoms with Gasteiger partial charge in [-0.3, -0.25) is 13.9 Å². The van der Waals surface area contributed by atoms with Crippen LogP contribution in [0.2, 0.25) is 5.02 Å². The zero-order chi connectivity index (χ0) is 29.4. The van der Waals surface area contributed by atoms with Gasteiger partial charge in [-0.2, -0.15) is 0 Å². The van der Waals surface area contributed by atoms with E-state index >= 15 is 0 Å². The summed E-state index contributed by atoms with van der Waals surface area (Å²) >= 11 is 6.11. The maximum absolute atomic E-state index is 14.1. The molecule has 0 aliphatic heterocycles. The standard InChI is InChI=1S/C31H38ClN3O4S/c1-6-24(4)33-31(37)29(19-25-12-8-7-9-13-25)34(20-26-14-10-11-22(2)17-26)30(36)21-35(40(5,38)39)28-16-15-27(32)18-23(28)3/h7-18,24,29H,6,19-21H2,1-5H3,(H,33,37). The Morgan fingerprint density at radius 3 is 2.23 bits per heavy atom. The highest BCUT2D eigenvalue weighted by Gasteiger charge is 2.33. The molecule has 2 unspecified atom stereocenters. The molecule has 0 saturated carbocycles. The number of hydrogen-bond acceptors (Lipinski definition) is 4. The smallest absolute Gasteiger partial charge is 0.244 e. The van der Waals surface area contributed by atoms with Crippen LogP contribution >= 0.6 is 11.6 Å². The van der Waals surface area contributed by atoms with Gasteiger partial charge in [-0.15, -0.1) is 0 Å². The minimum Gasteiger partial charge on any atom is -0.352 e. The summed E-state index contributed by atoms with van der Waals surface area (Å²) in [6, 6.07) is 21.1. The number of hydrogen-bond donors (Lipinski definition) is 1. The van der Waals surface area contributed by atoms with Crippen LogP contribution in [0.1, 0.15) is 42.5 Å². The fourth-order valence-electron chi connectivity index (χ4n) is 4.50. The van der Waals surface area contributed by atoms with E-state index in [1.807, 2.05) is 75.4 Å². The number of sulfonamides is 1. The van der Waals surface area contributed by atoms with E-state index in [1.165, 1.54) is 4.90 Å². The molecule has 0 heterocycles. The van der Waals surface area contributed by atoms with E-state index in [1.54, 1.807) is 25.1 Å². The SMILES string of the molecule is CCC(C)NC(=O)C(Cc1ccccc1)N(Cc1cccc(C)c1)C(=O)CN(c1ccc(Cl)cc1C)S(C)(=O)=O. The molecule has 0 aliphatic carbocycles. The first-order valence-corrected chi connectivity index (χ1v) is 15.5. The zero-order valence-corrected chi connectivity index (χ0v) is 25.3. The van der Waals surface area contributed by atoms with Crippen LogP contribution in [0.3, 0.4) is 0 Å². The van der Waals surface area contributed by atoms with Crippen LogP contribution < -0.4 is 9.62 Å². The Morgan fingerprint density at radius 1 is 0.950 bits per heavy atom. The zero-order valence-electron chi connectivity index (χ0n) is 23.7. The highest BCUT2D eigenvalue weighted by atomic mass is 35.5. The second kappa shape index (κ2) is 13.8. The van der Waals surface area contributed by atoms with Gasteiger partial charge in [0.15, 0.2) is 0 Å². The summed E-state index contributed by atoms with van der Waals surface area (Å²) in [4.78, 5) is 29.4. The number of aryl methyl sites for hydroxylation is 2. The van der Waals surface area contributed by atoms with E-state index in [0.717, 1.165) is 33.7 Å². The van der Waals surface area contributed by atoms with Crippen LogP contribution in [0.5, 0.6) is 0 Å². The van der Waals surface area contributed by atoms with Crippen molar-refractivity contribution in [3.8, 4) is 0 Å². The lowest BCUT2D eigenvalue weighted by Crippen LogP contribution is -2.54. The summed E-state index contributed by atoms with van der Waals surface area (Å²) in [5.41, 5.74) is 3.73. The average Bonchev–Trinajstić information content (AvgIpc) is 2.89. The van der Waals surface area contributed by atoms with Crippen molar-refractivity contribution in [3.63, 3.8) is 0 Å². The molecule has 0 radical (unpaired) electrons. The van der Waals surface area contributed by atoms with Gasteiger partial charge in [0.25, 0.3) is 0 Å². The van der Waals surface area contributed by atoms with Crippen LogP contribution in [0.4, 0.5) is 5.69 Å². The molecule has 0 aromatic heterocycles. The molecule has 9 heteroatoms. The third-order valence-electron chi connectivity index (χ3n) is 6.81. The molecule has 3 aromatic rings. The lowest BCUT2D eigenvalue weighted by molar-refractivity contribution is -0.140. The quantitative estimate of drug-likeness (QED) is 0.314. The van der Waals surface area contributed by atoms with Gasteiger partial charge in [0.1, 0.15) is 12.6 Å². The van der Waals surface area contributed by atoms with Gasteiger partial charge < -0.3 is 10.2 Å². The topological polar surface area (TPSA) is 86.8 Å². The number of halogens is 1. The minimum absolute atomic E-state index is 0.0917. The molecular formula is C31H38ClN3O4S. The Bertz CT molecular complexity index is 1430. The Kier molecular flexibility index (Phi) is 10.8. The molecule has 2 amide bonds. The molecule has 7 nitrogen and oxygen atoms in total. The highest BCUT2D eigenvalue weighted by molar-refractivity contribution is 7.92. The number of nitrogens with one attached hydrogen (secondary N) is 1. The largest absolute Gasteiger partial charge is 0.352 e. The lowest BCUT2D eigenvalue weighted by atomic mass is 10.0. The lowest BCUT2D eigenvalue weighted by Gasteiger charge is -2.34. The van der Waals surface area contributed by atoms with Crippen molar-refractivity contribution in [2.75, 3.05) is 17.1 Å². The van der Waals surface area contributed by atoms with E-state index < -0.39 is 28.5 Å². The first-order chi connectivity index (χ1) is 18.9. The van der Waals surface area contributed by atoms with Gasteiger partial charge in [-0.25, -0.2) is 8.42 Å². The maximum Gasteiger partial charge on any atom is 0.244 e. The van der Waals surface area contributed by atoms with Crippen molar-refractivity contribution < 1.29 is 18.0 Å². The fraction of sp³-hybridized carbons (Fsp3) is 0.355. The van der Waals surface area contributed by atoms with Crippen molar-refractivity contribution >= 4 is 39.1 Å². The van der Waals surface area contributed by atoms with E-state index in [2.05, 4.69) is 5.32 Å². The second-order valence-corrected chi connectivity index (χ2v) is 12.6. The van der Waals surface area contributed by atoms with Gasteiger partial charge in [0, 0.05) is 24.0 Å². The third-order valence-corrected chi connectivity index (χ3v) is 8.18. The number of carbonyl (C=O) groups is 2. The summed E-state index contributed by atoms with van der Waals surface area (Å²) in [5, 5.41) is 3.50. The first kappa shape index (κ1) is 31.2. The molecule has 0 spiro atoms. The molecule has 1 N–H and O–H groups in total. The third kappa shape index (κ3) is 8.57. The molecule has 3 rings (SSSR count). The van der Waals surface area contributed by atoms with Crippen LogP contribution in [0, 0.1) is 13.8 Å². The summed E-state index contributed by atoms with van der Waals surface area (Å²) in [6.45, 7) is 7.27. The molecule has 0 fully saturated rings. The predicted octanol–water partition coefficient (Wildman–Crippen LogP) is 5.28. The number of nitrogens with zero attached hydrogens (tertiary/aromatic N) is 2. The summed E-state index contributed by atoms with van der Waals surface area (Å²) < 4.78 is 27.0. The van der Waals surface area contributed by atoms with E-state index in [9.17, 15) is 18.0 Å². The second-order valence-electron chi connectivity index (χ2n) is 10.2. The van der Waals surface area contributed by atoms with Gasteiger partial charge in [-0.05, 0) is 62.1 Å². The molecule has 40 heavy (non-hydrogen) atoms. The number of rotatable bonds is 12. The summed E-state index contributed by atoms with van der Waals surface area (Å²) in [5.74, 6) is -0.769.